The lowest BCUT2D eigenvalue weighted by molar-refractivity contribution is -0.133. The highest BCUT2D eigenvalue weighted by atomic mass is 32.2. The molecule has 4 nitrogen and oxygen atoms in total. The van der Waals surface area contributed by atoms with Crippen molar-refractivity contribution in [2.45, 2.75) is 65.2 Å². The molecule has 5 heteroatoms. The summed E-state index contributed by atoms with van der Waals surface area (Å²) in [6, 6.07) is 7.87. The summed E-state index contributed by atoms with van der Waals surface area (Å²) in [6.07, 6.45) is 3.43. The van der Waals surface area contributed by atoms with Crippen LogP contribution >= 0.6 is 11.8 Å². The lowest BCUT2D eigenvalue weighted by Gasteiger charge is -2.44. The van der Waals surface area contributed by atoms with Crippen LogP contribution in [0.5, 0.6) is 0 Å². The Morgan fingerprint density at radius 3 is 2.31 bits per heavy atom. The van der Waals surface area contributed by atoms with Crippen LogP contribution in [0.3, 0.4) is 0 Å². The van der Waals surface area contributed by atoms with E-state index in [1.165, 1.54) is 5.56 Å². The number of thioether (sulfide) groups is 1. The zero-order chi connectivity index (χ0) is 21.2. The summed E-state index contributed by atoms with van der Waals surface area (Å²) in [5.41, 5.74) is 2.19. The van der Waals surface area contributed by atoms with E-state index < -0.39 is 0 Å². The Labute approximate surface area is 180 Å². The van der Waals surface area contributed by atoms with Crippen molar-refractivity contribution in [2.24, 2.45) is 11.3 Å². The number of hydrogen-bond acceptors (Lipinski definition) is 3. The van der Waals surface area contributed by atoms with E-state index in [1.807, 2.05) is 47.9 Å². The van der Waals surface area contributed by atoms with Gasteiger partial charge in [0.05, 0.1) is 4.87 Å². The molecular weight excluding hydrogens is 380 g/mol. The summed E-state index contributed by atoms with van der Waals surface area (Å²) < 4.78 is 0. The van der Waals surface area contributed by atoms with Crippen molar-refractivity contribution >= 4 is 23.6 Å². The molecule has 1 aromatic rings. The highest BCUT2D eigenvalue weighted by Gasteiger charge is 2.47. The molecule has 3 rings (SSSR count). The number of piperidine rings is 1. The predicted molar refractivity (Wildman–Crippen MR) is 121 cm³/mol. The number of nitrogens with zero attached hydrogens (tertiary/aromatic N) is 2. The third-order valence-corrected chi connectivity index (χ3v) is 7.66. The van der Waals surface area contributed by atoms with Crippen molar-refractivity contribution in [3.63, 3.8) is 0 Å². The molecule has 0 saturated carbocycles. The summed E-state index contributed by atoms with van der Waals surface area (Å²) in [6.45, 7) is 13.2. The van der Waals surface area contributed by atoms with Crippen molar-refractivity contribution < 1.29 is 9.59 Å². The number of amides is 2. The fourth-order valence-corrected chi connectivity index (χ4v) is 6.27. The average molecular weight is 417 g/mol. The minimum Gasteiger partial charge on any atom is -0.342 e. The number of aryl methyl sites for hydroxylation is 1. The van der Waals surface area contributed by atoms with Gasteiger partial charge in [0.1, 0.15) is 0 Å². The minimum absolute atomic E-state index is 0.133. The van der Waals surface area contributed by atoms with Crippen LogP contribution in [-0.2, 0) is 4.79 Å². The third-order valence-electron chi connectivity index (χ3n) is 6.10. The fourth-order valence-electron chi connectivity index (χ4n) is 4.81. The first-order chi connectivity index (χ1) is 13.6. The molecule has 160 valence electrons. The molecule has 0 bridgehead atoms. The topological polar surface area (TPSA) is 40.6 Å². The van der Waals surface area contributed by atoms with Crippen molar-refractivity contribution in [3.05, 3.63) is 35.4 Å². The molecule has 1 spiro atoms. The van der Waals surface area contributed by atoms with E-state index >= 15 is 0 Å². The van der Waals surface area contributed by atoms with E-state index in [0.29, 0.717) is 12.3 Å². The van der Waals surface area contributed by atoms with Gasteiger partial charge in [-0.15, -0.1) is 11.8 Å². The molecular formula is C24H36N2O2S. The number of rotatable bonds is 4. The predicted octanol–water partition coefficient (Wildman–Crippen LogP) is 4.97. The van der Waals surface area contributed by atoms with Gasteiger partial charge in [0.15, 0.2) is 0 Å². The first-order valence-electron chi connectivity index (χ1n) is 10.9. The van der Waals surface area contributed by atoms with Gasteiger partial charge in [-0.05, 0) is 49.7 Å². The Hall–Kier alpha value is -1.49. The second-order valence-electron chi connectivity index (χ2n) is 10.1. The highest BCUT2D eigenvalue weighted by Crippen LogP contribution is 2.44. The molecule has 2 aliphatic rings. The fraction of sp³-hybridized carbons (Fsp3) is 0.667. The summed E-state index contributed by atoms with van der Waals surface area (Å²) in [5.74, 6) is 1.79. The maximum Gasteiger partial charge on any atom is 0.254 e. The molecule has 1 unspecified atom stereocenters. The number of hydrogen-bond donors (Lipinski definition) is 0. The molecule has 2 amide bonds. The van der Waals surface area contributed by atoms with E-state index in [-0.39, 0.29) is 22.1 Å². The van der Waals surface area contributed by atoms with Gasteiger partial charge in [-0.3, -0.25) is 9.59 Å². The van der Waals surface area contributed by atoms with Gasteiger partial charge in [-0.2, -0.15) is 0 Å². The Balaban J connectivity index is 1.60. The van der Waals surface area contributed by atoms with E-state index in [2.05, 4.69) is 32.6 Å². The Morgan fingerprint density at radius 2 is 1.72 bits per heavy atom. The van der Waals surface area contributed by atoms with Crippen LogP contribution in [0.25, 0.3) is 0 Å². The molecule has 2 saturated heterocycles. The van der Waals surface area contributed by atoms with E-state index in [4.69, 9.17) is 0 Å². The third kappa shape index (κ3) is 5.36. The Bertz CT molecular complexity index is 730. The lowest BCUT2D eigenvalue weighted by atomic mass is 9.84. The summed E-state index contributed by atoms with van der Waals surface area (Å²) in [4.78, 5) is 29.9. The smallest absolute Gasteiger partial charge is 0.254 e. The van der Waals surface area contributed by atoms with Crippen LogP contribution in [0.15, 0.2) is 24.3 Å². The quantitative estimate of drug-likeness (QED) is 0.696. The Kier molecular flexibility index (Phi) is 6.67. The van der Waals surface area contributed by atoms with E-state index in [0.717, 1.165) is 50.2 Å². The summed E-state index contributed by atoms with van der Waals surface area (Å²) in [7, 11) is 0. The molecule has 0 aliphatic carbocycles. The van der Waals surface area contributed by atoms with Crippen LogP contribution in [0.2, 0.25) is 0 Å². The molecule has 0 radical (unpaired) electrons. The maximum absolute atomic E-state index is 13.2. The molecule has 0 N–H and O–H groups in total. The van der Waals surface area contributed by atoms with Gasteiger partial charge in [-0.25, -0.2) is 0 Å². The van der Waals surface area contributed by atoms with Crippen molar-refractivity contribution in [1.29, 1.82) is 0 Å². The number of carbonyl (C=O) groups excluding carboxylic acids is 2. The molecule has 1 atom stereocenters. The van der Waals surface area contributed by atoms with Crippen LogP contribution in [0, 0.1) is 18.3 Å². The van der Waals surface area contributed by atoms with E-state index in [1.54, 1.807) is 0 Å². The molecule has 2 fully saturated rings. The van der Waals surface area contributed by atoms with Crippen LogP contribution < -0.4 is 0 Å². The monoisotopic (exact) mass is 416 g/mol. The minimum atomic E-state index is -0.143. The van der Waals surface area contributed by atoms with Crippen molar-refractivity contribution in [1.82, 2.24) is 9.80 Å². The average Bonchev–Trinajstić information content (AvgIpc) is 3.03. The second-order valence-corrected chi connectivity index (χ2v) is 11.5. The Morgan fingerprint density at radius 1 is 1.10 bits per heavy atom. The number of benzene rings is 1. The van der Waals surface area contributed by atoms with Crippen molar-refractivity contribution in [2.75, 3.05) is 25.4 Å². The van der Waals surface area contributed by atoms with Crippen LogP contribution in [-0.4, -0.2) is 51.9 Å². The standard InChI is InChI=1S/C24H36N2O2S/c1-18-6-8-20(9-7-18)22(28)26-14-15-29-24(26)10-12-25(13-11-24)21(27)16-19(2)17-23(3,4)5/h6-9,19H,10-17H2,1-5H3. The first-order valence-corrected chi connectivity index (χ1v) is 11.9. The zero-order valence-electron chi connectivity index (χ0n) is 18.7. The van der Waals surface area contributed by atoms with Gasteiger partial charge in [0.2, 0.25) is 5.91 Å². The number of carbonyl (C=O) groups is 2. The maximum atomic E-state index is 13.2. The molecule has 2 heterocycles. The van der Waals surface area contributed by atoms with Crippen LogP contribution in [0.1, 0.15) is 69.3 Å². The molecule has 29 heavy (non-hydrogen) atoms. The van der Waals surface area contributed by atoms with Gasteiger partial charge < -0.3 is 9.80 Å². The van der Waals surface area contributed by atoms with Gasteiger partial charge in [0, 0.05) is 37.4 Å². The lowest BCUT2D eigenvalue weighted by Crippen LogP contribution is -2.53. The summed E-state index contributed by atoms with van der Waals surface area (Å²) in [5, 5.41) is 0. The van der Waals surface area contributed by atoms with Crippen molar-refractivity contribution in [3.8, 4) is 0 Å². The van der Waals surface area contributed by atoms with Crippen LogP contribution in [0.4, 0.5) is 0 Å². The normalized spacial score (nSPS) is 20.2. The highest BCUT2D eigenvalue weighted by molar-refractivity contribution is 8.00. The zero-order valence-corrected chi connectivity index (χ0v) is 19.5. The van der Waals surface area contributed by atoms with Gasteiger partial charge in [0.25, 0.3) is 5.91 Å². The first kappa shape index (κ1) is 22.2. The van der Waals surface area contributed by atoms with Gasteiger partial charge in [-0.1, -0.05) is 45.4 Å². The number of likely N-dealkylation sites (tertiary alicyclic amines) is 1. The molecule has 2 aliphatic heterocycles. The second kappa shape index (κ2) is 8.71. The molecule has 1 aromatic carbocycles. The molecule has 0 aromatic heterocycles. The SMILES string of the molecule is Cc1ccc(C(=O)N2CCSC23CCN(C(=O)CC(C)CC(C)(C)C)CC3)cc1. The largest absolute Gasteiger partial charge is 0.342 e. The van der Waals surface area contributed by atoms with E-state index in [9.17, 15) is 9.59 Å². The summed E-state index contributed by atoms with van der Waals surface area (Å²) >= 11 is 1.90. The van der Waals surface area contributed by atoms with Gasteiger partial charge >= 0.3 is 0 Å².